The molecule has 1 aromatic heterocycles. The quantitative estimate of drug-likeness (QED) is 0.786. The summed E-state index contributed by atoms with van der Waals surface area (Å²) in [6.07, 6.45) is 3.42. The SMILES string of the molecule is Cc1cnc(N(CC(N)=O)Cc2ccc(N)cc2)nc1. The van der Waals surface area contributed by atoms with Crippen molar-refractivity contribution in [3.8, 4) is 0 Å². The maximum absolute atomic E-state index is 11.2. The summed E-state index contributed by atoms with van der Waals surface area (Å²) in [6, 6.07) is 7.43. The molecule has 0 radical (unpaired) electrons. The Balaban J connectivity index is 2.21. The average molecular weight is 271 g/mol. The standard InChI is InChI=1S/C14H17N5O/c1-10-6-17-14(18-7-10)19(9-13(16)20)8-11-2-4-12(15)5-3-11/h2-7H,8-9,15H2,1H3,(H2,16,20). The Kier molecular flexibility index (Phi) is 4.14. The zero-order chi connectivity index (χ0) is 14.5. The van der Waals surface area contributed by atoms with Crippen molar-refractivity contribution in [3.63, 3.8) is 0 Å². The molecule has 0 atom stereocenters. The van der Waals surface area contributed by atoms with E-state index < -0.39 is 5.91 Å². The van der Waals surface area contributed by atoms with Crippen molar-refractivity contribution in [1.29, 1.82) is 0 Å². The Bertz CT molecular complexity index is 580. The number of carbonyl (C=O) groups is 1. The first-order valence-corrected chi connectivity index (χ1v) is 6.21. The monoisotopic (exact) mass is 271 g/mol. The van der Waals surface area contributed by atoms with E-state index in [-0.39, 0.29) is 6.54 Å². The van der Waals surface area contributed by atoms with Gasteiger partial charge in [-0.1, -0.05) is 12.1 Å². The Morgan fingerprint density at radius 2 is 1.80 bits per heavy atom. The topological polar surface area (TPSA) is 98.1 Å². The number of nitrogens with zero attached hydrogens (tertiary/aromatic N) is 3. The van der Waals surface area contributed by atoms with Crippen LogP contribution in [0.2, 0.25) is 0 Å². The van der Waals surface area contributed by atoms with E-state index in [1.54, 1.807) is 17.3 Å². The summed E-state index contributed by atoms with van der Waals surface area (Å²) in [5.74, 6) is 0.0517. The third kappa shape index (κ3) is 3.68. The molecule has 1 heterocycles. The van der Waals surface area contributed by atoms with Gasteiger partial charge in [-0.15, -0.1) is 0 Å². The second-order valence-electron chi connectivity index (χ2n) is 4.62. The number of amides is 1. The minimum atomic E-state index is -0.426. The highest BCUT2D eigenvalue weighted by Gasteiger charge is 2.12. The van der Waals surface area contributed by atoms with Crippen LogP contribution in [0.15, 0.2) is 36.7 Å². The maximum Gasteiger partial charge on any atom is 0.237 e. The smallest absolute Gasteiger partial charge is 0.237 e. The number of primary amides is 1. The first-order chi connectivity index (χ1) is 9.54. The van der Waals surface area contributed by atoms with E-state index in [4.69, 9.17) is 11.5 Å². The van der Waals surface area contributed by atoms with Gasteiger partial charge in [-0.05, 0) is 30.2 Å². The number of aryl methyl sites for hydroxylation is 1. The third-order valence-electron chi connectivity index (χ3n) is 2.75. The van der Waals surface area contributed by atoms with Crippen molar-refractivity contribution in [2.24, 2.45) is 5.73 Å². The van der Waals surface area contributed by atoms with Gasteiger partial charge in [0.15, 0.2) is 0 Å². The van der Waals surface area contributed by atoms with Crippen molar-refractivity contribution in [3.05, 3.63) is 47.8 Å². The zero-order valence-electron chi connectivity index (χ0n) is 11.3. The number of carbonyl (C=O) groups excluding carboxylic acids is 1. The molecular weight excluding hydrogens is 254 g/mol. The lowest BCUT2D eigenvalue weighted by atomic mass is 10.2. The van der Waals surface area contributed by atoms with Crippen LogP contribution in [0.25, 0.3) is 0 Å². The predicted octanol–water partition coefficient (Wildman–Crippen LogP) is 0.859. The molecular formula is C14H17N5O. The Labute approximate surface area is 117 Å². The molecule has 6 nitrogen and oxygen atoms in total. The number of nitrogens with two attached hydrogens (primary N) is 2. The maximum atomic E-state index is 11.2. The van der Waals surface area contributed by atoms with Crippen molar-refractivity contribution < 1.29 is 4.79 Å². The molecule has 6 heteroatoms. The van der Waals surface area contributed by atoms with Gasteiger partial charge in [0, 0.05) is 24.6 Å². The van der Waals surface area contributed by atoms with Crippen LogP contribution in [-0.4, -0.2) is 22.4 Å². The average Bonchev–Trinajstić information content (AvgIpc) is 2.41. The molecule has 0 aliphatic carbocycles. The summed E-state index contributed by atoms with van der Waals surface area (Å²) >= 11 is 0. The summed E-state index contributed by atoms with van der Waals surface area (Å²) in [7, 11) is 0. The van der Waals surface area contributed by atoms with E-state index in [2.05, 4.69) is 9.97 Å². The largest absolute Gasteiger partial charge is 0.399 e. The highest BCUT2D eigenvalue weighted by molar-refractivity contribution is 5.78. The number of nitrogen functional groups attached to an aromatic ring is 1. The summed E-state index contributed by atoms with van der Waals surface area (Å²) in [6.45, 7) is 2.46. The van der Waals surface area contributed by atoms with Crippen molar-refractivity contribution in [2.75, 3.05) is 17.2 Å². The zero-order valence-corrected chi connectivity index (χ0v) is 11.3. The van der Waals surface area contributed by atoms with E-state index in [9.17, 15) is 4.79 Å². The molecule has 2 rings (SSSR count). The van der Waals surface area contributed by atoms with E-state index in [1.165, 1.54) is 0 Å². The van der Waals surface area contributed by atoms with Crippen LogP contribution in [0.5, 0.6) is 0 Å². The highest BCUT2D eigenvalue weighted by atomic mass is 16.1. The van der Waals surface area contributed by atoms with Crippen molar-refractivity contribution in [2.45, 2.75) is 13.5 Å². The minimum Gasteiger partial charge on any atom is -0.399 e. The van der Waals surface area contributed by atoms with Gasteiger partial charge in [-0.25, -0.2) is 9.97 Å². The molecule has 0 unspecified atom stereocenters. The van der Waals surface area contributed by atoms with Crippen LogP contribution >= 0.6 is 0 Å². The number of aromatic nitrogens is 2. The van der Waals surface area contributed by atoms with Gasteiger partial charge in [0.2, 0.25) is 11.9 Å². The van der Waals surface area contributed by atoms with Crippen LogP contribution in [-0.2, 0) is 11.3 Å². The van der Waals surface area contributed by atoms with Gasteiger partial charge in [0.25, 0.3) is 0 Å². The lowest BCUT2D eigenvalue weighted by molar-refractivity contribution is -0.116. The molecule has 2 aromatic rings. The molecule has 0 saturated heterocycles. The van der Waals surface area contributed by atoms with Gasteiger partial charge >= 0.3 is 0 Å². The fourth-order valence-electron chi connectivity index (χ4n) is 1.78. The molecule has 0 bridgehead atoms. The molecule has 0 aliphatic rings. The molecule has 0 spiro atoms. The summed E-state index contributed by atoms with van der Waals surface area (Å²) < 4.78 is 0. The number of rotatable bonds is 5. The lowest BCUT2D eigenvalue weighted by Crippen LogP contribution is -2.34. The highest BCUT2D eigenvalue weighted by Crippen LogP contribution is 2.13. The third-order valence-corrected chi connectivity index (χ3v) is 2.75. The summed E-state index contributed by atoms with van der Waals surface area (Å²) in [4.78, 5) is 21.4. The Hall–Kier alpha value is -2.63. The van der Waals surface area contributed by atoms with Gasteiger partial charge in [-0.3, -0.25) is 4.79 Å². The van der Waals surface area contributed by atoms with E-state index in [0.717, 1.165) is 11.1 Å². The lowest BCUT2D eigenvalue weighted by Gasteiger charge is -2.21. The molecule has 20 heavy (non-hydrogen) atoms. The second kappa shape index (κ2) is 6.01. The summed E-state index contributed by atoms with van der Waals surface area (Å²) in [5.41, 5.74) is 13.6. The second-order valence-corrected chi connectivity index (χ2v) is 4.62. The Morgan fingerprint density at radius 3 is 2.35 bits per heavy atom. The predicted molar refractivity (Wildman–Crippen MR) is 77.9 cm³/mol. The van der Waals surface area contributed by atoms with Crippen LogP contribution in [0.4, 0.5) is 11.6 Å². The molecule has 0 aliphatic heterocycles. The van der Waals surface area contributed by atoms with Crippen molar-refractivity contribution in [1.82, 2.24) is 9.97 Å². The van der Waals surface area contributed by atoms with Crippen LogP contribution in [0, 0.1) is 6.92 Å². The van der Waals surface area contributed by atoms with Crippen LogP contribution < -0.4 is 16.4 Å². The van der Waals surface area contributed by atoms with Gasteiger partial charge in [0.05, 0.1) is 6.54 Å². The molecule has 1 amide bonds. The number of anilines is 2. The van der Waals surface area contributed by atoms with Crippen LogP contribution in [0.1, 0.15) is 11.1 Å². The molecule has 0 saturated carbocycles. The fraction of sp³-hybridized carbons (Fsp3) is 0.214. The minimum absolute atomic E-state index is 0.0629. The van der Waals surface area contributed by atoms with E-state index >= 15 is 0 Å². The summed E-state index contributed by atoms with van der Waals surface area (Å²) in [5, 5.41) is 0. The number of benzene rings is 1. The van der Waals surface area contributed by atoms with Gasteiger partial charge < -0.3 is 16.4 Å². The first kappa shape index (κ1) is 13.8. The molecule has 4 N–H and O–H groups in total. The molecule has 1 aromatic carbocycles. The van der Waals surface area contributed by atoms with Gasteiger partial charge in [0.1, 0.15) is 0 Å². The molecule has 104 valence electrons. The fourth-order valence-corrected chi connectivity index (χ4v) is 1.78. The Morgan fingerprint density at radius 1 is 1.20 bits per heavy atom. The van der Waals surface area contributed by atoms with Crippen LogP contribution in [0.3, 0.4) is 0 Å². The molecule has 0 fully saturated rings. The first-order valence-electron chi connectivity index (χ1n) is 6.21. The van der Waals surface area contributed by atoms with Gasteiger partial charge in [-0.2, -0.15) is 0 Å². The normalized spacial score (nSPS) is 10.2. The van der Waals surface area contributed by atoms with E-state index in [0.29, 0.717) is 18.2 Å². The van der Waals surface area contributed by atoms with E-state index in [1.807, 2.05) is 31.2 Å². The van der Waals surface area contributed by atoms with Crippen molar-refractivity contribution >= 4 is 17.5 Å². The number of hydrogen-bond donors (Lipinski definition) is 2. The number of hydrogen-bond acceptors (Lipinski definition) is 5.